The number of carbonyl (C=O) groups is 3. The van der Waals surface area contributed by atoms with Gasteiger partial charge < -0.3 is 9.69 Å². The fourth-order valence-corrected chi connectivity index (χ4v) is 11.7. The Bertz CT molecular complexity index is 1210. The van der Waals surface area contributed by atoms with E-state index in [1.807, 2.05) is 13.0 Å². The summed E-state index contributed by atoms with van der Waals surface area (Å²) in [4.78, 5) is 48.0. The van der Waals surface area contributed by atoms with Gasteiger partial charge in [0.05, 0.1) is 12.0 Å². The largest absolute Gasteiger partial charge is 0.342 e. The van der Waals surface area contributed by atoms with Crippen molar-refractivity contribution >= 4 is 17.5 Å². The van der Waals surface area contributed by atoms with Crippen molar-refractivity contribution in [2.24, 2.45) is 56.7 Å². The summed E-state index contributed by atoms with van der Waals surface area (Å²) in [5.41, 5.74) is -0.611. The molecule has 5 aliphatic carbocycles. The van der Waals surface area contributed by atoms with Crippen molar-refractivity contribution in [1.82, 2.24) is 4.90 Å². The monoisotopic (exact) mass is 546 g/mol. The number of Topliss-reactive ketones (excluding diaryl/α,β-unsaturated/α-hetero) is 2. The number of nitrogens with zero attached hydrogens (tertiary/aromatic N) is 2. The maximum Gasteiger partial charge on any atom is 0.229 e. The Hall–Kier alpha value is -1.96. The van der Waals surface area contributed by atoms with Gasteiger partial charge in [0.25, 0.3) is 0 Å². The molecule has 40 heavy (non-hydrogen) atoms. The Balaban J connectivity index is 1.44. The van der Waals surface area contributed by atoms with Crippen LogP contribution >= 0.6 is 0 Å². The van der Waals surface area contributed by atoms with Crippen molar-refractivity contribution in [3.05, 3.63) is 23.2 Å². The molecular formula is C35H50N2O3. The van der Waals surface area contributed by atoms with E-state index in [4.69, 9.17) is 6.57 Å². The van der Waals surface area contributed by atoms with Gasteiger partial charge >= 0.3 is 0 Å². The van der Waals surface area contributed by atoms with Gasteiger partial charge in [-0.1, -0.05) is 47.6 Å². The number of hydrogen-bond donors (Lipinski definition) is 0. The Labute approximate surface area is 241 Å². The second kappa shape index (κ2) is 9.02. The second-order valence-corrected chi connectivity index (χ2v) is 16.3. The molecule has 218 valence electrons. The lowest BCUT2D eigenvalue weighted by Crippen LogP contribution is -2.69. The lowest BCUT2D eigenvalue weighted by molar-refractivity contribution is -0.221. The van der Waals surface area contributed by atoms with Crippen LogP contribution in [0.1, 0.15) is 112 Å². The van der Waals surface area contributed by atoms with Crippen LogP contribution in [-0.4, -0.2) is 35.5 Å². The highest BCUT2D eigenvalue weighted by Gasteiger charge is 2.72. The third-order valence-electron chi connectivity index (χ3n) is 14.2. The highest BCUT2D eigenvalue weighted by atomic mass is 16.2. The number of ketones is 2. The maximum absolute atomic E-state index is 14.7. The van der Waals surface area contributed by atoms with Gasteiger partial charge in [-0.25, -0.2) is 4.85 Å². The summed E-state index contributed by atoms with van der Waals surface area (Å²) >= 11 is 0. The van der Waals surface area contributed by atoms with Crippen LogP contribution in [0.25, 0.3) is 4.85 Å². The van der Waals surface area contributed by atoms with Gasteiger partial charge in [-0.2, -0.15) is 0 Å². The lowest BCUT2D eigenvalue weighted by atomic mass is 9.32. The van der Waals surface area contributed by atoms with Crippen LogP contribution in [0.3, 0.4) is 0 Å². The van der Waals surface area contributed by atoms with E-state index in [-0.39, 0.29) is 62.7 Å². The van der Waals surface area contributed by atoms with Crippen molar-refractivity contribution in [1.29, 1.82) is 0 Å². The minimum Gasteiger partial charge on any atom is -0.342 e. The van der Waals surface area contributed by atoms with E-state index < -0.39 is 5.41 Å². The van der Waals surface area contributed by atoms with Gasteiger partial charge in [0.15, 0.2) is 5.78 Å². The minimum atomic E-state index is -0.403. The first kappa shape index (κ1) is 28.2. The first-order valence-corrected chi connectivity index (χ1v) is 16.2. The molecule has 0 spiro atoms. The fraction of sp³-hybridized carbons (Fsp3) is 0.829. The summed E-state index contributed by atoms with van der Waals surface area (Å²) in [6.45, 7) is 23.3. The number of hydrogen-bond acceptors (Lipinski definition) is 3. The van der Waals surface area contributed by atoms with Crippen molar-refractivity contribution in [2.45, 2.75) is 112 Å². The first-order chi connectivity index (χ1) is 18.7. The van der Waals surface area contributed by atoms with Crippen molar-refractivity contribution < 1.29 is 14.4 Å². The molecule has 0 bridgehead atoms. The predicted octanol–water partition coefficient (Wildman–Crippen LogP) is 7.26. The molecule has 0 aromatic heterocycles. The molecule has 5 nitrogen and oxygen atoms in total. The molecule has 4 saturated carbocycles. The van der Waals surface area contributed by atoms with Gasteiger partial charge in [0.1, 0.15) is 5.78 Å². The number of carbonyl (C=O) groups excluding carboxylic acids is 3. The van der Waals surface area contributed by atoms with Gasteiger partial charge in [0, 0.05) is 31.3 Å². The van der Waals surface area contributed by atoms with E-state index in [1.165, 1.54) is 6.42 Å². The Morgan fingerprint density at radius 2 is 1.60 bits per heavy atom. The summed E-state index contributed by atoms with van der Waals surface area (Å²) in [6.07, 6.45) is 12.6. The Morgan fingerprint density at radius 3 is 2.27 bits per heavy atom. The van der Waals surface area contributed by atoms with E-state index in [2.05, 4.69) is 44.4 Å². The standard InChI is InChI=1S/C35H50N2O3/c1-22-23-11-12-33(5)27(32(23,4)21-25(36-7)29(22)39)19-26(38)28-24-20-31(2,3)13-15-35(24,16-14-34(28,33)6)30(40)37-17-9-8-10-18-37/h21-24,27-28H,8-20H2,1-6H3/t22-,23-,24-,27+,28-,32-,33+,34+,35-/m0/s1. The van der Waals surface area contributed by atoms with Gasteiger partial charge in [-0.05, 0) is 104 Å². The van der Waals surface area contributed by atoms with Gasteiger partial charge in [0.2, 0.25) is 11.6 Å². The highest BCUT2D eigenvalue weighted by molar-refractivity contribution is 6.00. The lowest BCUT2D eigenvalue weighted by Gasteiger charge is -2.71. The average Bonchev–Trinajstić information content (AvgIpc) is 2.92. The smallest absolute Gasteiger partial charge is 0.229 e. The zero-order valence-electron chi connectivity index (χ0n) is 25.8. The SMILES string of the molecule is [C-]#[N+]C1=C[C@]2(C)[C@H]3CC(=O)[C@@H]4[C@@H]5CC(C)(C)CC[C@]5(C(=O)N5CCCCC5)CC[C@@]4(C)[C@]3(C)CC[C@H]2[C@H](C)C1=O. The average molecular weight is 547 g/mol. The van der Waals surface area contributed by atoms with E-state index in [1.54, 1.807) is 0 Å². The van der Waals surface area contributed by atoms with Crippen molar-refractivity contribution in [3.63, 3.8) is 0 Å². The molecule has 0 aromatic rings. The maximum atomic E-state index is 14.7. The van der Waals surface area contributed by atoms with Crippen LogP contribution in [0.15, 0.2) is 11.8 Å². The highest BCUT2D eigenvalue weighted by Crippen LogP contribution is 2.75. The number of rotatable bonds is 1. The van der Waals surface area contributed by atoms with Gasteiger partial charge in [-0.15, -0.1) is 0 Å². The fourth-order valence-electron chi connectivity index (χ4n) is 11.7. The molecule has 1 saturated heterocycles. The summed E-state index contributed by atoms with van der Waals surface area (Å²) in [5, 5.41) is 0. The molecule has 5 heteroatoms. The van der Waals surface area contributed by atoms with Crippen molar-refractivity contribution in [2.75, 3.05) is 13.1 Å². The molecule has 0 unspecified atom stereocenters. The zero-order valence-corrected chi connectivity index (χ0v) is 25.8. The quantitative estimate of drug-likeness (QED) is 0.325. The number of allylic oxidation sites excluding steroid dienone is 2. The van der Waals surface area contributed by atoms with E-state index in [0.29, 0.717) is 18.1 Å². The third kappa shape index (κ3) is 3.59. The molecule has 0 radical (unpaired) electrons. The summed E-state index contributed by atoms with van der Waals surface area (Å²) in [5.74, 6) is 0.807. The number of likely N-dealkylation sites (tertiary alicyclic amines) is 1. The third-order valence-corrected chi connectivity index (χ3v) is 14.2. The summed E-state index contributed by atoms with van der Waals surface area (Å²) in [6, 6.07) is 0. The molecule has 1 heterocycles. The molecule has 1 aliphatic heterocycles. The topological polar surface area (TPSA) is 58.8 Å². The van der Waals surface area contributed by atoms with Crippen molar-refractivity contribution in [3.8, 4) is 0 Å². The molecule has 6 aliphatic rings. The van der Waals surface area contributed by atoms with Crippen LogP contribution < -0.4 is 0 Å². The predicted molar refractivity (Wildman–Crippen MR) is 156 cm³/mol. The molecule has 0 aromatic carbocycles. The number of fused-ring (bicyclic) bond motifs is 7. The molecule has 6 rings (SSSR count). The molecular weight excluding hydrogens is 496 g/mol. The van der Waals surface area contributed by atoms with Crippen LogP contribution in [0.2, 0.25) is 0 Å². The van der Waals surface area contributed by atoms with Crippen LogP contribution in [0.4, 0.5) is 0 Å². The molecule has 5 fully saturated rings. The molecule has 9 atom stereocenters. The minimum absolute atomic E-state index is 0.0181. The number of amides is 1. The summed E-state index contributed by atoms with van der Waals surface area (Å²) in [7, 11) is 0. The Kier molecular flexibility index (Phi) is 6.35. The summed E-state index contributed by atoms with van der Waals surface area (Å²) < 4.78 is 0. The Morgan fingerprint density at radius 1 is 0.925 bits per heavy atom. The van der Waals surface area contributed by atoms with E-state index in [0.717, 1.165) is 70.9 Å². The zero-order chi connectivity index (χ0) is 28.9. The molecule has 0 N–H and O–H groups in total. The second-order valence-electron chi connectivity index (χ2n) is 16.3. The van der Waals surface area contributed by atoms with E-state index in [9.17, 15) is 14.4 Å². The van der Waals surface area contributed by atoms with Crippen LogP contribution in [0.5, 0.6) is 0 Å². The first-order valence-electron chi connectivity index (χ1n) is 16.2. The van der Waals surface area contributed by atoms with Crippen LogP contribution in [0, 0.1) is 63.2 Å². The van der Waals surface area contributed by atoms with Gasteiger partial charge in [-0.3, -0.25) is 9.59 Å². The normalized spacial score (nSPS) is 48.1. The van der Waals surface area contributed by atoms with Crippen LogP contribution in [-0.2, 0) is 14.4 Å². The van der Waals surface area contributed by atoms with E-state index >= 15 is 0 Å². The number of piperidine rings is 1. The molecule has 1 amide bonds.